The Morgan fingerprint density at radius 2 is 1.68 bits per heavy atom. The number of methoxy groups -OCH3 is 2. The van der Waals surface area contributed by atoms with Gasteiger partial charge in [0.05, 0.1) is 31.2 Å². The summed E-state index contributed by atoms with van der Waals surface area (Å²) in [5.41, 5.74) is 1.95. The highest BCUT2D eigenvalue weighted by atomic mass is 35.5. The van der Waals surface area contributed by atoms with Gasteiger partial charge in [-0.2, -0.15) is 4.98 Å². The number of carbonyl (C=O) groups excluding carboxylic acids is 2. The van der Waals surface area contributed by atoms with Crippen molar-refractivity contribution >= 4 is 46.4 Å². The number of fused-ring (bicyclic) bond motifs is 4. The van der Waals surface area contributed by atoms with Gasteiger partial charge in [-0.3, -0.25) is 14.5 Å². The lowest BCUT2D eigenvalue weighted by Crippen LogP contribution is -2.51. The van der Waals surface area contributed by atoms with Crippen molar-refractivity contribution in [1.82, 2.24) is 14.5 Å². The molecule has 1 atom stereocenters. The van der Waals surface area contributed by atoms with Gasteiger partial charge < -0.3 is 19.4 Å². The Morgan fingerprint density at radius 3 is 2.38 bits per heavy atom. The summed E-state index contributed by atoms with van der Waals surface area (Å²) in [6, 6.07) is 13.7. The summed E-state index contributed by atoms with van der Waals surface area (Å²) >= 11 is 12.7. The number of ether oxygens (including phenoxy) is 2. The zero-order valence-corrected chi connectivity index (χ0v) is 23.9. The number of pyridine rings is 1. The number of anilines is 2. The second-order valence-electron chi connectivity index (χ2n) is 9.93. The van der Waals surface area contributed by atoms with E-state index in [1.807, 2.05) is 31.4 Å². The zero-order valence-electron chi connectivity index (χ0n) is 22.4. The first-order valence-electron chi connectivity index (χ1n) is 12.6. The molecule has 2 aliphatic rings. The monoisotopic (exact) mass is 577 g/mol. The van der Waals surface area contributed by atoms with Gasteiger partial charge in [0.15, 0.2) is 11.2 Å². The van der Waals surface area contributed by atoms with Crippen LogP contribution in [0.2, 0.25) is 10.0 Å². The number of carbonyl (C=O) groups is 2. The smallest absolute Gasteiger partial charge is 0.280 e. The van der Waals surface area contributed by atoms with Crippen LogP contribution in [0.15, 0.2) is 48.5 Å². The van der Waals surface area contributed by atoms with E-state index in [-0.39, 0.29) is 17.6 Å². The molecule has 0 unspecified atom stereocenters. The van der Waals surface area contributed by atoms with Crippen LogP contribution >= 0.6 is 23.2 Å². The van der Waals surface area contributed by atoms with Crippen LogP contribution in [0.1, 0.15) is 47.2 Å². The summed E-state index contributed by atoms with van der Waals surface area (Å²) in [4.78, 5) is 39.6. The third-order valence-corrected chi connectivity index (χ3v) is 7.82. The molecular formula is C29H25Cl2N5O4. The van der Waals surface area contributed by atoms with E-state index in [1.54, 1.807) is 42.5 Å². The van der Waals surface area contributed by atoms with E-state index in [9.17, 15) is 9.59 Å². The first-order chi connectivity index (χ1) is 19.1. The number of amides is 2. The minimum absolute atomic E-state index is 0.152. The van der Waals surface area contributed by atoms with Crippen LogP contribution in [-0.2, 0) is 10.3 Å². The zero-order chi connectivity index (χ0) is 28.5. The van der Waals surface area contributed by atoms with Crippen LogP contribution in [0.3, 0.4) is 0 Å². The summed E-state index contributed by atoms with van der Waals surface area (Å²) < 4.78 is 12.8. The molecule has 2 aromatic heterocycles. The molecular weight excluding hydrogens is 553 g/mol. The Kier molecular flexibility index (Phi) is 6.05. The normalized spacial score (nSPS) is 17.4. The number of hydrogen-bond acceptors (Lipinski definition) is 6. The number of aryl methyl sites for hydroxylation is 1. The highest BCUT2D eigenvalue weighted by Gasteiger charge is 2.64. The summed E-state index contributed by atoms with van der Waals surface area (Å²) in [7, 11) is 3.02. The lowest BCUT2D eigenvalue weighted by molar-refractivity contribution is -0.119. The fourth-order valence-corrected chi connectivity index (χ4v) is 6.03. The molecule has 0 saturated carbocycles. The van der Waals surface area contributed by atoms with Crippen LogP contribution in [0.4, 0.5) is 11.4 Å². The number of imidazole rings is 1. The number of nitrogens with zero attached hydrogens (tertiary/aromatic N) is 4. The van der Waals surface area contributed by atoms with Gasteiger partial charge in [-0.1, -0.05) is 35.3 Å². The number of nitrogens with one attached hydrogen (secondary N) is 1. The quantitative estimate of drug-likeness (QED) is 0.311. The number of aromatic nitrogens is 3. The van der Waals surface area contributed by atoms with Gasteiger partial charge in [0.1, 0.15) is 5.82 Å². The summed E-state index contributed by atoms with van der Waals surface area (Å²) in [5.74, 6) is 0.255. The Morgan fingerprint density at radius 1 is 0.950 bits per heavy atom. The molecule has 0 radical (unpaired) electrons. The van der Waals surface area contributed by atoms with Crippen LogP contribution in [0.25, 0.3) is 11.4 Å². The number of halogens is 2. The topological polar surface area (TPSA) is 98.6 Å². The van der Waals surface area contributed by atoms with E-state index >= 15 is 0 Å². The lowest BCUT2D eigenvalue weighted by Gasteiger charge is -2.36. The molecule has 1 N–H and O–H groups in total. The predicted molar refractivity (Wildman–Crippen MR) is 153 cm³/mol. The third kappa shape index (κ3) is 3.47. The van der Waals surface area contributed by atoms with Crippen LogP contribution in [-0.4, -0.2) is 40.6 Å². The molecule has 204 valence electrons. The fraction of sp³-hybridized carbons (Fsp3) is 0.241. The Labute approximate surface area is 240 Å². The van der Waals surface area contributed by atoms with E-state index in [1.165, 1.54) is 19.1 Å². The molecule has 4 heterocycles. The van der Waals surface area contributed by atoms with Crippen molar-refractivity contribution in [3.8, 4) is 23.1 Å². The molecule has 4 aromatic rings. The summed E-state index contributed by atoms with van der Waals surface area (Å²) in [6.45, 7) is 5.81. The maximum absolute atomic E-state index is 14.5. The third-order valence-electron chi connectivity index (χ3n) is 7.35. The molecule has 1 spiro atoms. The number of hydrogen-bond donors (Lipinski definition) is 1. The maximum atomic E-state index is 14.5. The number of rotatable bonds is 5. The molecule has 2 aliphatic heterocycles. The first kappa shape index (κ1) is 26.2. The van der Waals surface area contributed by atoms with E-state index in [0.29, 0.717) is 49.9 Å². The molecule has 0 saturated heterocycles. The standard InChI is InChI=1S/C29H25Cl2N5O4/c1-14(2)35-24-23(34-25(35)18-9-11-22(39-4)33-26(18)40-5)27(37)36(21-13-17(31)7-6-15(21)3)29(24)19-10-8-16(30)12-20(19)32-28(29)38/h6-14H,1-5H3,(H,32,38)/t29-/m0/s1. The lowest BCUT2D eigenvalue weighted by atomic mass is 9.86. The van der Waals surface area contributed by atoms with Gasteiger partial charge in [0.25, 0.3) is 11.8 Å². The average molecular weight is 578 g/mol. The van der Waals surface area contributed by atoms with Gasteiger partial charge in [-0.15, -0.1) is 0 Å². The van der Waals surface area contributed by atoms with Crippen molar-refractivity contribution in [3.05, 3.63) is 81.1 Å². The van der Waals surface area contributed by atoms with Crippen LogP contribution in [0, 0.1) is 6.92 Å². The molecule has 2 amide bonds. The van der Waals surface area contributed by atoms with Crippen LogP contribution < -0.4 is 19.7 Å². The largest absolute Gasteiger partial charge is 0.481 e. The Bertz CT molecular complexity index is 1730. The minimum Gasteiger partial charge on any atom is -0.481 e. The Hall–Kier alpha value is -4.08. The molecule has 0 aliphatic carbocycles. The predicted octanol–water partition coefficient (Wildman–Crippen LogP) is 6.01. The average Bonchev–Trinajstić information content (AvgIpc) is 3.53. The molecule has 0 fully saturated rings. The Balaban J connectivity index is 1.73. The van der Waals surface area contributed by atoms with E-state index in [2.05, 4.69) is 10.3 Å². The molecule has 2 aromatic carbocycles. The summed E-state index contributed by atoms with van der Waals surface area (Å²) in [5, 5.41) is 3.87. The first-order valence-corrected chi connectivity index (χ1v) is 13.3. The minimum atomic E-state index is -1.58. The molecule has 11 heteroatoms. The highest BCUT2D eigenvalue weighted by Crippen LogP contribution is 2.55. The van der Waals surface area contributed by atoms with E-state index in [0.717, 1.165) is 5.56 Å². The molecule has 0 bridgehead atoms. The van der Waals surface area contributed by atoms with Gasteiger partial charge in [-0.25, -0.2) is 4.98 Å². The van der Waals surface area contributed by atoms with Gasteiger partial charge >= 0.3 is 0 Å². The second-order valence-corrected chi connectivity index (χ2v) is 10.8. The van der Waals surface area contributed by atoms with Crippen molar-refractivity contribution in [2.45, 2.75) is 32.4 Å². The van der Waals surface area contributed by atoms with Crippen molar-refractivity contribution in [1.29, 1.82) is 0 Å². The van der Waals surface area contributed by atoms with E-state index < -0.39 is 17.4 Å². The molecule has 9 nitrogen and oxygen atoms in total. The summed E-state index contributed by atoms with van der Waals surface area (Å²) in [6.07, 6.45) is 0. The highest BCUT2D eigenvalue weighted by molar-refractivity contribution is 6.32. The SMILES string of the molecule is COc1ccc(-c2nc3c(n2C(C)C)[C@@]2(C(=O)Nc4cc(Cl)ccc42)N(c2cc(Cl)ccc2C)C3=O)c(OC)n1. The second kappa shape index (κ2) is 9.25. The number of benzene rings is 2. The van der Waals surface area contributed by atoms with Gasteiger partial charge in [-0.05, 0) is 56.7 Å². The molecule has 40 heavy (non-hydrogen) atoms. The fourth-order valence-electron chi connectivity index (χ4n) is 5.69. The van der Waals surface area contributed by atoms with Gasteiger partial charge in [0.2, 0.25) is 11.8 Å². The molecule has 6 rings (SSSR count). The van der Waals surface area contributed by atoms with Crippen molar-refractivity contribution in [3.63, 3.8) is 0 Å². The van der Waals surface area contributed by atoms with E-state index in [4.69, 9.17) is 37.7 Å². The van der Waals surface area contributed by atoms with Crippen molar-refractivity contribution in [2.75, 3.05) is 24.4 Å². The van der Waals surface area contributed by atoms with Crippen molar-refractivity contribution < 1.29 is 19.1 Å². The maximum Gasteiger partial charge on any atom is 0.280 e. The van der Waals surface area contributed by atoms with Crippen molar-refractivity contribution in [2.24, 2.45) is 0 Å². The van der Waals surface area contributed by atoms with Crippen LogP contribution in [0.5, 0.6) is 11.8 Å². The van der Waals surface area contributed by atoms with Gasteiger partial charge in [0, 0.05) is 33.4 Å².